The molecule has 2 heterocycles. The summed E-state index contributed by atoms with van der Waals surface area (Å²) in [5.74, 6) is 1.50. The van der Waals surface area contributed by atoms with Crippen LogP contribution >= 0.6 is 0 Å². The summed E-state index contributed by atoms with van der Waals surface area (Å²) in [7, 11) is 1.93. The second-order valence-corrected chi connectivity index (χ2v) is 6.40. The maximum Gasteiger partial charge on any atom is 0.269 e. The average Bonchev–Trinajstić information content (AvgIpc) is 3.04. The van der Waals surface area contributed by atoms with E-state index in [2.05, 4.69) is 9.97 Å². The Morgan fingerprint density at radius 3 is 2.62 bits per heavy atom. The lowest BCUT2D eigenvalue weighted by atomic mass is 10.2. The van der Waals surface area contributed by atoms with Gasteiger partial charge in [-0.1, -0.05) is 0 Å². The Morgan fingerprint density at radius 1 is 1.27 bits per heavy atom. The summed E-state index contributed by atoms with van der Waals surface area (Å²) in [5, 5.41) is 10.8. The van der Waals surface area contributed by atoms with Gasteiger partial charge in [0.15, 0.2) is 5.82 Å². The lowest BCUT2D eigenvalue weighted by Crippen LogP contribution is -2.34. The molecule has 1 aromatic heterocycles. The fourth-order valence-electron chi connectivity index (χ4n) is 2.93. The van der Waals surface area contributed by atoms with Crippen molar-refractivity contribution in [1.29, 1.82) is 0 Å². The number of aryl methyl sites for hydroxylation is 1. The second kappa shape index (κ2) is 7.47. The van der Waals surface area contributed by atoms with Gasteiger partial charge in [0.25, 0.3) is 5.69 Å². The van der Waals surface area contributed by atoms with E-state index in [4.69, 9.17) is 0 Å². The third-order valence-corrected chi connectivity index (χ3v) is 4.44. The highest BCUT2D eigenvalue weighted by Crippen LogP contribution is 2.22. The molecule has 1 aromatic carbocycles. The number of nitro benzene ring substituents is 1. The van der Waals surface area contributed by atoms with E-state index in [9.17, 15) is 14.9 Å². The van der Waals surface area contributed by atoms with Crippen molar-refractivity contribution in [1.82, 2.24) is 14.9 Å². The summed E-state index contributed by atoms with van der Waals surface area (Å²) < 4.78 is 0. The number of benzene rings is 1. The number of carbonyl (C=O) groups is 1. The van der Waals surface area contributed by atoms with Crippen LogP contribution in [-0.4, -0.2) is 52.4 Å². The van der Waals surface area contributed by atoms with Gasteiger partial charge in [-0.15, -0.1) is 0 Å². The number of carbonyl (C=O) groups excluding carboxylic acids is 1. The van der Waals surface area contributed by atoms with Gasteiger partial charge in [0, 0.05) is 62.6 Å². The SMILES string of the molecule is Cc1cc(N(C)CCN2CCCC2=O)nc(-c2ccc([N+](=O)[O-])cc2)n1. The van der Waals surface area contributed by atoms with E-state index in [0.29, 0.717) is 25.3 Å². The zero-order valence-electron chi connectivity index (χ0n) is 14.9. The molecule has 136 valence electrons. The Morgan fingerprint density at radius 2 is 2.00 bits per heavy atom. The smallest absolute Gasteiger partial charge is 0.269 e. The number of nitrogens with zero attached hydrogens (tertiary/aromatic N) is 5. The fraction of sp³-hybridized carbons (Fsp3) is 0.389. The summed E-state index contributed by atoms with van der Waals surface area (Å²) in [4.78, 5) is 35.0. The number of likely N-dealkylation sites (tertiary alicyclic amines) is 1. The number of nitro groups is 1. The van der Waals surface area contributed by atoms with E-state index >= 15 is 0 Å². The number of likely N-dealkylation sites (N-methyl/N-ethyl adjacent to an activating group) is 1. The molecule has 0 atom stereocenters. The Bertz CT molecular complexity index is 822. The van der Waals surface area contributed by atoms with E-state index in [1.807, 2.05) is 29.8 Å². The minimum absolute atomic E-state index is 0.0361. The monoisotopic (exact) mass is 355 g/mol. The number of hydrogen-bond donors (Lipinski definition) is 0. The molecule has 0 spiro atoms. The molecule has 1 amide bonds. The van der Waals surface area contributed by atoms with Crippen LogP contribution < -0.4 is 4.90 Å². The molecule has 1 aliphatic rings. The third kappa shape index (κ3) is 3.96. The van der Waals surface area contributed by atoms with E-state index in [1.54, 1.807) is 12.1 Å². The van der Waals surface area contributed by atoms with Crippen LogP contribution in [-0.2, 0) is 4.79 Å². The van der Waals surface area contributed by atoms with Crippen molar-refractivity contribution in [2.24, 2.45) is 0 Å². The second-order valence-electron chi connectivity index (χ2n) is 6.40. The first kappa shape index (κ1) is 17.8. The zero-order valence-corrected chi connectivity index (χ0v) is 14.9. The molecular weight excluding hydrogens is 334 g/mol. The predicted molar refractivity (Wildman–Crippen MR) is 97.9 cm³/mol. The average molecular weight is 355 g/mol. The van der Waals surface area contributed by atoms with Gasteiger partial charge in [0.2, 0.25) is 5.91 Å². The summed E-state index contributed by atoms with van der Waals surface area (Å²) in [6, 6.07) is 8.09. The Labute approximate surface area is 151 Å². The van der Waals surface area contributed by atoms with Crippen molar-refractivity contribution in [2.45, 2.75) is 19.8 Å². The largest absolute Gasteiger partial charge is 0.358 e. The summed E-state index contributed by atoms with van der Waals surface area (Å²) >= 11 is 0. The van der Waals surface area contributed by atoms with Crippen molar-refractivity contribution in [3.8, 4) is 11.4 Å². The summed E-state index contributed by atoms with van der Waals surface area (Å²) in [6.45, 7) is 4.06. The molecule has 8 nitrogen and oxygen atoms in total. The van der Waals surface area contributed by atoms with E-state index in [1.165, 1.54) is 12.1 Å². The van der Waals surface area contributed by atoms with E-state index in [0.717, 1.165) is 30.0 Å². The van der Waals surface area contributed by atoms with Crippen molar-refractivity contribution in [3.63, 3.8) is 0 Å². The normalized spacial score (nSPS) is 13.9. The van der Waals surface area contributed by atoms with Crippen molar-refractivity contribution in [3.05, 3.63) is 46.1 Å². The molecule has 1 aliphatic heterocycles. The molecule has 0 radical (unpaired) electrons. The fourth-order valence-corrected chi connectivity index (χ4v) is 2.93. The minimum atomic E-state index is -0.431. The lowest BCUT2D eigenvalue weighted by Gasteiger charge is -2.23. The van der Waals surface area contributed by atoms with E-state index in [-0.39, 0.29) is 11.6 Å². The molecule has 1 fully saturated rings. The maximum absolute atomic E-state index is 11.7. The summed E-state index contributed by atoms with van der Waals surface area (Å²) in [5.41, 5.74) is 1.57. The van der Waals surface area contributed by atoms with Crippen LogP contribution in [0, 0.1) is 17.0 Å². The molecule has 26 heavy (non-hydrogen) atoms. The van der Waals surface area contributed by atoms with Gasteiger partial charge in [-0.05, 0) is 25.5 Å². The van der Waals surface area contributed by atoms with Gasteiger partial charge < -0.3 is 9.80 Å². The zero-order chi connectivity index (χ0) is 18.7. The molecule has 2 aromatic rings. The van der Waals surface area contributed by atoms with Crippen LogP contribution in [0.15, 0.2) is 30.3 Å². The van der Waals surface area contributed by atoms with Crippen LogP contribution in [0.25, 0.3) is 11.4 Å². The lowest BCUT2D eigenvalue weighted by molar-refractivity contribution is -0.384. The molecule has 0 saturated carbocycles. The van der Waals surface area contributed by atoms with E-state index < -0.39 is 4.92 Å². The highest BCUT2D eigenvalue weighted by Gasteiger charge is 2.20. The molecule has 8 heteroatoms. The van der Waals surface area contributed by atoms with Crippen LogP contribution in [0.5, 0.6) is 0 Å². The third-order valence-electron chi connectivity index (χ3n) is 4.44. The van der Waals surface area contributed by atoms with Gasteiger partial charge in [0.1, 0.15) is 5.82 Å². The number of anilines is 1. The van der Waals surface area contributed by atoms with Crippen molar-refractivity contribution >= 4 is 17.4 Å². The quantitative estimate of drug-likeness (QED) is 0.584. The van der Waals surface area contributed by atoms with Gasteiger partial charge in [-0.3, -0.25) is 14.9 Å². The van der Waals surface area contributed by atoms with Crippen LogP contribution in [0.4, 0.5) is 11.5 Å². The highest BCUT2D eigenvalue weighted by atomic mass is 16.6. The number of rotatable bonds is 6. The molecule has 0 bridgehead atoms. The Kier molecular flexibility index (Phi) is 5.11. The summed E-state index contributed by atoms with van der Waals surface area (Å²) in [6.07, 6.45) is 1.57. The van der Waals surface area contributed by atoms with Crippen LogP contribution in [0.2, 0.25) is 0 Å². The Hall–Kier alpha value is -3.03. The number of non-ortho nitro benzene ring substituents is 1. The molecule has 3 rings (SSSR count). The van der Waals surface area contributed by atoms with Gasteiger partial charge in [-0.25, -0.2) is 9.97 Å². The predicted octanol–water partition coefficient (Wildman–Crippen LogP) is 2.42. The minimum Gasteiger partial charge on any atom is -0.358 e. The highest BCUT2D eigenvalue weighted by molar-refractivity contribution is 5.78. The first-order valence-corrected chi connectivity index (χ1v) is 8.53. The maximum atomic E-state index is 11.7. The van der Waals surface area contributed by atoms with Gasteiger partial charge >= 0.3 is 0 Å². The topological polar surface area (TPSA) is 92.5 Å². The van der Waals surface area contributed by atoms with Gasteiger partial charge in [-0.2, -0.15) is 0 Å². The van der Waals surface area contributed by atoms with Crippen molar-refractivity contribution in [2.75, 3.05) is 31.6 Å². The molecular formula is C18H21N5O3. The molecule has 0 aliphatic carbocycles. The molecule has 1 saturated heterocycles. The number of aromatic nitrogens is 2. The number of amides is 1. The Balaban J connectivity index is 1.76. The van der Waals surface area contributed by atoms with Crippen molar-refractivity contribution < 1.29 is 9.72 Å². The van der Waals surface area contributed by atoms with Gasteiger partial charge in [0.05, 0.1) is 4.92 Å². The number of hydrogen-bond acceptors (Lipinski definition) is 6. The molecule has 0 N–H and O–H groups in total. The first-order valence-electron chi connectivity index (χ1n) is 8.53. The van der Waals surface area contributed by atoms with Crippen LogP contribution in [0.1, 0.15) is 18.5 Å². The van der Waals surface area contributed by atoms with Crippen LogP contribution in [0.3, 0.4) is 0 Å². The molecule has 0 unspecified atom stereocenters. The first-order chi connectivity index (χ1) is 12.4. The standard InChI is InChI=1S/C18H21N5O3/c1-13-12-16(21(2)10-11-22-9-3-4-17(22)24)20-18(19-13)14-5-7-15(8-6-14)23(25)26/h5-8,12H,3-4,9-11H2,1-2H3.